The van der Waals surface area contributed by atoms with E-state index >= 15 is 0 Å². The number of ether oxygens (including phenoxy) is 1. The first-order chi connectivity index (χ1) is 10.1. The molecule has 0 fully saturated rings. The Morgan fingerprint density at radius 3 is 2.62 bits per heavy atom. The van der Waals surface area contributed by atoms with Crippen LogP contribution in [-0.2, 0) is 6.42 Å². The SMILES string of the molecule is CCNC(c1cc(Cl)c(OC)cc1Cl)c1sccc1CC. The number of hydrogen-bond acceptors (Lipinski definition) is 3. The standard InChI is InChI=1S/C16H19Cl2NOS/c1-4-10-6-7-21-16(10)15(19-5-2)11-8-13(18)14(20-3)9-12(11)17/h6-9,15,19H,4-5H2,1-3H3. The van der Waals surface area contributed by atoms with Crippen LogP contribution in [0.2, 0.25) is 10.0 Å². The molecule has 1 aromatic carbocycles. The molecule has 1 unspecified atom stereocenters. The van der Waals surface area contributed by atoms with Crippen molar-refractivity contribution in [2.45, 2.75) is 26.3 Å². The van der Waals surface area contributed by atoms with Gasteiger partial charge in [0.15, 0.2) is 0 Å². The van der Waals surface area contributed by atoms with Crippen molar-refractivity contribution < 1.29 is 4.74 Å². The summed E-state index contributed by atoms with van der Waals surface area (Å²) >= 11 is 14.5. The molecular weight excluding hydrogens is 325 g/mol. The second-order valence-corrected chi connectivity index (χ2v) is 6.42. The molecule has 1 atom stereocenters. The summed E-state index contributed by atoms with van der Waals surface area (Å²) < 4.78 is 5.22. The lowest BCUT2D eigenvalue weighted by molar-refractivity contribution is 0.414. The van der Waals surface area contributed by atoms with Gasteiger partial charge in [-0.2, -0.15) is 0 Å². The first-order valence-electron chi connectivity index (χ1n) is 6.94. The number of halogens is 2. The number of hydrogen-bond donors (Lipinski definition) is 1. The first-order valence-corrected chi connectivity index (χ1v) is 8.58. The summed E-state index contributed by atoms with van der Waals surface area (Å²) in [5.41, 5.74) is 2.33. The van der Waals surface area contributed by atoms with Gasteiger partial charge in [0.25, 0.3) is 0 Å². The highest BCUT2D eigenvalue weighted by Crippen LogP contribution is 2.38. The summed E-state index contributed by atoms with van der Waals surface area (Å²) in [5, 5.41) is 6.87. The van der Waals surface area contributed by atoms with E-state index < -0.39 is 0 Å². The van der Waals surface area contributed by atoms with E-state index in [9.17, 15) is 0 Å². The minimum absolute atomic E-state index is 0.0563. The number of methoxy groups -OCH3 is 1. The molecule has 0 radical (unpaired) electrons. The van der Waals surface area contributed by atoms with Crippen LogP contribution in [0.25, 0.3) is 0 Å². The molecule has 1 N–H and O–H groups in total. The molecule has 0 spiro atoms. The largest absolute Gasteiger partial charge is 0.495 e. The number of nitrogens with one attached hydrogen (secondary N) is 1. The van der Waals surface area contributed by atoms with E-state index in [0.717, 1.165) is 18.5 Å². The molecule has 2 aromatic rings. The average molecular weight is 344 g/mol. The smallest absolute Gasteiger partial charge is 0.138 e. The lowest BCUT2D eigenvalue weighted by Gasteiger charge is -2.21. The van der Waals surface area contributed by atoms with E-state index in [1.54, 1.807) is 24.5 Å². The lowest BCUT2D eigenvalue weighted by Crippen LogP contribution is -2.22. The Balaban J connectivity index is 2.50. The van der Waals surface area contributed by atoms with Gasteiger partial charge in [-0.25, -0.2) is 0 Å². The zero-order valence-corrected chi connectivity index (χ0v) is 14.7. The van der Waals surface area contributed by atoms with Crippen LogP contribution in [0, 0.1) is 0 Å². The van der Waals surface area contributed by atoms with Gasteiger partial charge in [-0.1, -0.05) is 37.0 Å². The van der Waals surface area contributed by atoms with Gasteiger partial charge in [0.1, 0.15) is 5.75 Å². The van der Waals surface area contributed by atoms with E-state index in [1.807, 2.05) is 6.07 Å². The highest BCUT2D eigenvalue weighted by molar-refractivity contribution is 7.10. The molecule has 1 aromatic heterocycles. The van der Waals surface area contributed by atoms with Crippen molar-refractivity contribution in [2.75, 3.05) is 13.7 Å². The molecule has 0 saturated heterocycles. The fraction of sp³-hybridized carbons (Fsp3) is 0.375. The highest BCUT2D eigenvalue weighted by Gasteiger charge is 2.21. The maximum absolute atomic E-state index is 6.45. The molecule has 21 heavy (non-hydrogen) atoms. The zero-order valence-electron chi connectivity index (χ0n) is 12.4. The van der Waals surface area contributed by atoms with Gasteiger partial charge in [-0.05, 0) is 41.6 Å². The van der Waals surface area contributed by atoms with Gasteiger partial charge in [-0.3, -0.25) is 0 Å². The van der Waals surface area contributed by atoms with Crippen molar-refractivity contribution in [2.24, 2.45) is 0 Å². The molecular formula is C16H19Cl2NOS. The van der Waals surface area contributed by atoms with Crippen LogP contribution in [0.4, 0.5) is 0 Å². The molecule has 0 aliphatic heterocycles. The van der Waals surface area contributed by atoms with Crippen molar-refractivity contribution in [3.8, 4) is 5.75 Å². The summed E-state index contributed by atoms with van der Waals surface area (Å²) in [7, 11) is 1.59. The van der Waals surface area contributed by atoms with Crippen molar-refractivity contribution in [3.63, 3.8) is 0 Å². The number of rotatable bonds is 6. The van der Waals surface area contributed by atoms with Gasteiger partial charge < -0.3 is 10.1 Å². The summed E-state index contributed by atoms with van der Waals surface area (Å²) in [6.07, 6.45) is 1.00. The van der Waals surface area contributed by atoms with Crippen molar-refractivity contribution in [1.29, 1.82) is 0 Å². The fourth-order valence-electron chi connectivity index (χ4n) is 2.36. The van der Waals surface area contributed by atoms with E-state index in [2.05, 4.69) is 30.6 Å². The Morgan fingerprint density at radius 2 is 2.00 bits per heavy atom. The molecule has 0 amide bonds. The van der Waals surface area contributed by atoms with E-state index in [0.29, 0.717) is 15.8 Å². The molecule has 0 saturated carbocycles. The maximum Gasteiger partial charge on any atom is 0.138 e. The Kier molecular flexibility index (Phi) is 5.94. The fourth-order valence-corrected chi connectivity index (χ4v) is 3.96. The molecule has 0 aliphatic carbocycles. The predicted octanol–water partition coefficient (Wildman–Crippen LogP) is 5.32. The maximum atomic E-state index is 6.45. The topological polar surface area (TPSA) is 21.3 Å². The van der Waals surface area contributed by atoms with Crippen molar-refractivity contribution >= 4 is 34.5 Å². The first kappa shape index (κ1) is 16.6. The van der Waals surface area contributed by atoms with Gasteiger partial charge in [0.05, 0.1) is 18.2 Å². The van der Waals surface area contributed by atoms with Crippen LogP contribution in [0.15, 0.2) is 23.6 Å². The highest BCUT2D eigenvalue weighted by atomic mass is 35.5. The number of thiophene rings is 1. The summed E-state index contributed by atoms with van der Waals surface area (Å²) in [6.45, 7) is 5.11. The summed E-state index contributed by atoms with van der Waals surface area (Å²) in [6, 6.07) is 5.90. The predicted molar refractivity (Wildman–Crippen MR) is 92.2 cm³/mol. The van der Waals surface area contributed by atoms with Crippen LogP contribution in [0.5, 0.6) is 5.75 Å². The minimum Gasteiger partial charge on any atom is -0.495 e. The van der Waals surface area contributed by atoms with Crippen LogP contribution in [-0.4, -0.2) is 13.7 Å². The molecule has 1 heterocycles. The van der Waals surface area contributed by atoms with E-state index in [1.165, 1.54) is 10.4 Å². The molecule has 5 heteroatoms. The van der Waals surface area contributed by atoms with E-state index in [4.69, 9.17) is 27.9 Å². The third kappa shape index (κ3) is 3.54. The third-order valence-corrected chi connectivity index (χ3v) is 5.06. The van der Waals surface area contributed by atoms with Crippen LogP contribution in [0.1, 0.15) is 35.9 Å². The Morgan fingerprint density at radius 1 is 1.24 bits per heavy atom. The minimum atomic E-state index is 0.0563. The second-order valence-electron chi connectivity index (χ2n) is 4.66. The van der Waals surface area contributed by atoms with Crippen molar-refractivity contribution in [3.05, 3.63) is 49.6 Å². The van der Waals surface area contributed by atoms with Gasteiger partial charge in [0.2, 0.25) is 0 Å². The van der Waals surface area contributed by atoms with E-state index in [-0.39, 0.29) is 6.04 Å². The van der Waals surface area contributed by atoms with Gasteiger partial charge in [0, 0.05) is 16.0 Å². The monoisotopic (exact) mass is 343 g/mol. The molecule has 0 aliphatic rings. The Hall–Kier alpha value is -0.740. The normalized spacial score (nSPS) is 12.4. The lowest BCUT2D eigenvalue weighted by atomic mass is 10.0. The molecule has 114 valence electrons. The molecule has 2 nitrogen and oxygen atoms in total. The number of benzene rings is 1. The second kappa shape index (κ2) is 7.50. The molecule has 2 rings (SSSR count). The summed E-state index contributed by atoms with van der Waals surface area (Å²) in [5.74, 6) is 0.600. The Bertz CT molecular complexity index is 612. The van der Waals surface area contributed by atoms with Gasteiger partial charge >= 0.3 is 0 Å². The van der Waals surface area contributed by atoms with Crippen LogP contribution >= 0.6 is 34.5 Å². The van der Waals surface area contributed by atoms with Crippen LogP contribution < -0.4 is 10.1 Å². The number of aryl methyl sites for hydroxylation is 1. The summed E-state index contributed by atoms with van der Waals surface area (Å²) in [4.78, 5) is 1.29. The van der Waals surface area contributed by atoms with Crippen LogP contribution in [0.3, 0.4) is 0 Å². The van der Waals surface area contributed by atoms with Crippen molar-refractivity contribution in [1.82, 2.24) is 5.32 Å². The Labute approximate surface area is 140 Å². The third-order valence-electron chi connectivity index (χ3n) is 3.41. The van der Waals surface area contributed by atoms with Gasteiger partial charge in [-0.15, -0.1) is 11.3 Å². The average Bonchev–Trinajstić information content (AvgIpc) is 2.95. The zero-order chi connectivity index (χ0) is 15.4. The quantitative estimate of drug-likeness (QED) is 0.765. The molecule has 0 bridgehead atoms.